The van der Waals surface area contributed by atoms with E-state index in [1.165, 1.54) is 6.92 Å². The van der Waals surface area contributed by atoms with Gasteiger partial charge in [0.05, 0.1) is 0 Å². The van der Waals surface area contributed by atoms with Crippen LogP contribution in [0.25, 0.3) is 0 Å². The molecule has 0 saturated heterocycles. The van der Waals surface area contributed by atoms with Crippen molar-refractivity contribution in [2.45, 2.75) is 13.0 Å². The van der Waals surface area contributed by atoms with E-state index in [2.05, 4.69) is 4.74 Å². The highest BCUT2D eigenvalue weighted by Crippen LogP contribution is 1.84. The van der Waals surface area contributed by atoms with Crippen LogP contribution in [0.4, 0.5) is 0 Å². The lowest BCUT2D eigenvalue weighted by Gasteiger charge is -1.99. The average molecular weight is 118 g/mol. The summed E-state index contributed by atoms with van der Waals surface area (Å²) in [5, 5.41) is 8.03. The quantitative estimate of drug-likeness (QED) is 0.513. The minimum Gasteiger partial charge on any atom is -0.479 e. The van der Waals surface area contributed by atoms with Crippen molar-refractivity contribution in [2.24, 2.45) is 0 Å². The zero-order valence-electron chi connectivity index (χ0n) is 4.33. The van der Waals surface area contributed by atoms with E-state index in [1.54, 1.807) is 0 Å². The standard InChI is InChI=1S/C4H6O4/c1-3(4(6)7)8-2-5/h2-3H,1H3,(H,6,7)/t3-/m1/s1. The maximum absolute atomic E-state index is 9.81. The van der Waals surface area contributed by atoms with Gasteiger partial charge in [-0.1, -0.05) is 0 Å². The van der Waals surface area contributed by atoms with E-state index in [0.717, 1.165) is 0 Å². The normalized spacial score (nSPS) is 12.1. The molecule has 1 N–H and O–H groups in total. The molecule has 0 aliphatic heterocycles. The van der Waals surface area contributed by atoms with Crippen molar-refractivity contribution in [1.29, 1.82) is 0 Å². The molecule has 4 heteroatoms. The van der Waals surface area contributed by atoms with Gasteiger partial charge in [-0.2, -0.15) is 0 Å². The van der Waals surface area contributed by atoms with Gasteiger partial charge < -0.3 is 9.84 Å². The Hall–Kier alpha value is -1.06. The number of carbonyl (C=O) groups is 2. The van der Waals surface area contributed by atoms with Crippen LogP contribution in [0.1, 0.15) is 6.92 Å². The van der Waals surface area contributed by atoms with Crippen LogP contribution in [-0.4, -0.2) is 23.7 Å². The van der Waals surface area contributed by atoms with Crippen LogP contribution in [-0.2, 0) is 14.3 Å². The van der Waals surface area contributed by atoms with Crippen LogP contribution in [0, 0.1) is 0 Å². The molecule has 0 bridgehead atoms. The summed E-state index contributed by atoms with van der Waals surface area (Å²) in [5.41, 5.74) is 0. The van der Waals surface area contributed by atoms with Crippen molar-refractivity contribution in [2.75, 3.05) is 0 Å². The minimum atomic E-state index is -1.14. The Morgan fingerprint density at radius 3 is 2.50 bits per heavy atom. The molecule has 0 aliphatic rings. The third-order valence-electron chi connectivity index (χ3n) is 0.607. The Kier molecular flexibility index (Phi) is 2.61. The first kappa shape index (κ1) is 6.94. The van der Waals surface area contributed by atoms with Gasteiger partial charge in [-0.05, 0) is 6.92 Å². The Morgan fingerprint density at radius 1 is 1.88 bits per heavy atom. The summed E-state index contributed by atoms with van der Waals surface area (Å²) in [6.45, 7) is 1.38. The molecule has 0 rings (SSSR count). The zero-order valence-corrected chi connectivity index (χ0v) is 4.33. The van der Waals surface area contributed by atoms with E-state index in [1.807, 2.05) is 0 Å². The minimum absolute atomic E-state index is 0.110. The Balaban J connectivity index is 3.46. The topological polar surface area (TPSA) is 63.6 Å². The largest absolute Gasteiger partial charge is 0.479 e. The predicted octanol–water partition coefficient (Wildman–Crippen LogP) is -0.367. The molecule has 0 spiro atoms. The number of ether oxygens (including phenoxy) is 1. The van der Waals surface area contributed by atoms with E-state index in [-0.39, 0.29) is 6.47 Å². The molecule has 0 aromatic rings. The van der Waals surface area contributed by atoms with Crippen molar-refractivity contribution in [3.63, 3.8) is 0 Å². The van der Waals surface area contributed by atoms with Crippen molar-refractivity contribution >= 4 is 12.4 Å². The number of carboxylic acid groups (broad SMARTS) is 1. The predicted molar refractivity (Wildman–Crippen MR) is 24.2 cm³/mol. The van der Waals surface area contributed by atoms with Gasteiger partial charge in [0.25, 0.3) is 6.47 Å². The molecule has 1 atom stereocenters. The second kappa shape index (κ2) is 3.01. The second-order valence-corrected chi connectivity index (χ2v) is 1.21. The molecule has 0 unspecified atom stereocenters. The molecule has 0 aliphatic carbocycles. The molecule has 0 aromatic heterocycles. The fourth-order valence-corrected chi connectivity index (χ4v) is 0.142. The summed E-state index contributed by atoms with van der Waals surface area (Å²) >= 11 is 0. The summed E-state index contributed by atoms with van der Waals surface area (Å²) in [4.78, 5) is 19.2. The van der Waals surface area contributed by atoms with Gasteiger partial charge in [0.1, 0.15) is 0 Å². The van der Waals surface area contributed by atoms with E-state index in [0.29, 0.717) is 0 Å². The number of aliphatic carboxylic acids is 1. The average Bonchev–Trinajstić information content (AvgIpc) is 1.67. The molecular formula is C4H6O4. The highest BCUT2D eigenvalue weighted by molar-refractivity contribution is 5.72. The molecule has 0 heterocycles. The molecule has 8 heavy (non-hydrogen) atoms. The first-order valence-corrected chi connectivity index (χ1v) is 2.00. The molecule has 0 saturated carbocycles. The van der Waals surface area contributed by atoms with Crippen LogP contribution < -0.4 is 0 Å². The first-order chi connectivity index (χ1) is 3.68. The maximum Gasteiger partial charge on any atom is 0.344 e. The van der Waals surface area contributed by atoms with E-state index in [4.69, 9.17) is 5.11 Å². The Labute approximate surface area is 46.1 Å². The van der Waals surface area contributed by atoms with Crippen LogP contribution in [0.2, 0.25) is 0 Å². The molecule has 0 radical (unpaired) electrons. The van der Waals surface area contributed by atoms with E-state index >= 15 is 0 Å². The summed E-state index contributed by atoms with van der Waals surface area (Å²) < 4.78 is 4.02. The lowest BCUT2D eigenvalue weighted by atomic mass is 10.4. The fraction of sp³-hybridized carbons (Fsp3) is 0.500. The summed E-state index contributed by atoms with van der Waals surface area (Å²) in [6.07, 6.45) is -1.03. The highest BCUT2D eigenvalue weighted by Gasteiger charge is 2.08. The SMILES string of the molecule is C[C@@H](OC=O)C(=O)O. The van der Waals surface area contributed by atoms with Crippen molar-refractivity contribution < 1.29 is 19.4 Å². The van der Waals surface area contributed by atoms with Crippen molar-refractivity contribution in [1.82, 2.24) is 0 Å². The summed E-state index contributed by atoms with van der Waals surface area (Å²) in [5.74, 6) is -1.14. The van der Waals surface area contributed by atoms with Crippen molar-refractivity contribution in [3.8, 4) is 0 Å². The lowest BCUT2D eigenvalue weighted by Crippen LogP contribution is -2.18. The van der Waals surface area contributed by atoms with Crippen molar-refractivity contribution in [3.05, 3.63) is 0 Å². The monoisotopic (exact) mass is 118 g/mol. The zero-order chi connectivity index (χ0) is 6.57. The maximum atomic E-state index is 9.81. The van der Waals surface area contributed by atoms with Gasteiger partial charge in [0, 0.05) is 0 Å². The van der Waals surface area contributed by atoms with Crippen LogP contribution in [0.5, 0.6) is 0 Å². The molecule has 0 aromatic carbocycles. The Bertz CT molecular complexity index is 98.2. The van der Waals surface area contributed by atoms with Gasteiger partial charge >= 0.3 is 5.97 Å². The first-order valence-electron chi connectivity index (χ1n) is 2.00. The smallest absolute Gasteiger partial charge is 0.344 e. The van der Waals surface area contributed by atoms with Gasteiger partial charge in [0.15, 0.2) is 6.10 Å². The third kappa shape index (κ3) is 2.17. The van der Waals surface area contributed by atoms with Gasteiger partial charge in [-0.25, -0.2) is 4.79 Å². The van der Waals surface area contributed by atoms with Crippen LogP contribution >= 0.6 is 0 Å². The lowest BCUT2D eigenvalue weighted by molar-refractivity contribution is -0.155. The van der Waals surface area contributed by atoms with E-state index < -0.39 is 12.1 Å². The number of carboxylic acids is 1. The number of rotatable bonds is 3. The second-order valence-electron chi connectivity index (χ2n) is 1.21. The molecular weight excluding hydrogens is 112 g/mol. The van der Waals surface area contributed by atoms with Crippen LogP contribution in [0.3, 0.4) is 0 Å². The third-order valence-corrected chi connectivity index (χ3v) is 0.607. The molecule has 0 amide bonds. The Morgan fingerprint density at radius 2 is 2.38 bits per heavy atom. The van der Waals surface area contributed by atoms with E-state index in [9.17, 15) is 9.59 Å². The van der Waals surface area contributed by atoms with Gasteiger partial charge in [-0.3, -0.25) is 4.79 Å². The fourth-order valence-electron chi connectivity index (χ4n) is 0.142. The molecule has 4 nitrogen and oxygen atoms in total. The highest BCUT2D eigenvalue weighted by atomic mass is 16.5. The van der Waals surface area contributed by atoms with Crippen LogP contribution in [0.15, 0.2) is 0 Å². The van der Waals surface area contributed by atoms with Gasteiger partial charge in [0.2, 0.25) is 0 Å². The summed E-state index contributed by atoms with van der Waals surface area (Å²) in [6, 6.07) is 0. The van der Waals surface area contributed by atoms with Gasteiger partial charge in [-0.15, -0.1) is 0 Å². The number of hydrogen-bond acceptors (Lipinski definition) is 3. The number of carbonyl (C=O) groups excluding carboxylic acids is 1. The molecule has 0 fully saturated rings. The summed E-state index contributed by atoms with van der Waals surface area (Å²) in [7, 11) is 0. The number of hydrogen-bond donors (Lipinski definition) is 1. The molecule has 46 valence electrons.